The van der Waals surface area contributed by atoms with Crippen molar-refractivity contribution < 1.29 is 0 Å². The molecule has 19 heavy (non-hydrogen) atoms. The third-order valence-electron chi connectivity index (χ3n) is 3.63. The molecule has 0 fully saturated rings. The van der Waals surface area contributed by atoms with Gasteiger partial charge >= 0.3 is 0 Å². The van der Waals surface area contributed by atoms with Gasteiger partial charge in [0.25, 0.3) is 0 Å². The van der Waals surface area contributed by atoms with E-state index in [0.29, 0.717) is 12.0 Å². The van der Waals surface area contributed by atoms with Gasteiger partial charge in [0, 0.05) is 25.8 Å². The van der Waals surface area contributed by atoms with Gasteiger partial charge in [0.15, 0.2) is 0 Å². The minimum atomic E-state index is 0.591. The summed E-state index contributed by atoms with van der Waals surface area (Å²) >= 11 is 0. The molecule has 0 aliphatic rings. The molecule has 0 saturated heterocycles. The molecule has 0 atom stereocenters. The highest BCUT2D eigenvalue weighted by molar-refractivity contribution is 5.51. The number of nitrogens with zero attached hydrogens (tertiary/aromatic N) is 2. The number of rotatable bonds is 8. The van der Waals surface area contributed by atoms with Gasteiger partial charge < -0.3 is 10.2 Å². The van der Waals surface area contributed by atoms with Gasteiger partial charge in [-0.25, -0.2) is 0 Å². The number of pyridine rings is 1. The first-order valence-corrected chi connectivity index (χ1v) is 7.46. The molecule has 0 spiro atoms. The van der Waals surface area contributed by atoms with E-state index in [4.69, 9.17) is 0 Å². The van der Waals surface area contributed by atoms with E-state index in [0.717, 1.165) is 13.1 Å². The highest BCUT2D eigenvalue weighted by Gasteiger charge is 2.14. The molecule has 1 aromatic rings. The Bertz CT molecular complexity index is 359. The van der Waals surface area contributed by atoms with Gasteiger partial charge in [-0.2, -0.15) is 0 Å². The molecule has 108 valence electrons. The van der Waals surface area contributed by atoms with E-state index in [1.807, 2.05) is 12.4 Å². The molecule has 0 amide bonds. The molecule has 0 bridgehead atoms. The maximum atomic E-state index is 4.29. The van der Waals surface area contributed by atoms with Crippen LogP contribution in [0.2, 0.25) is 0 Å². The summed E-state index contributed by atoms with van der Waals surface area (Å²) in [5.74, 6) is 0.682. The van der Waals surface area contributed by atoms with Crippen LogP contribution in [0.1, 0.15) is 46.1 Å². The largest absolute Gasteiger partial charge is 0.370 e. The average molecular weight is 263 g/mol. The molecule has 0 unspecified atom stereocenters. The van der Waals surface area contributed by atoms with Crippen molar-refractivity contribution in [1.82, 2.24) is 10.3 Å². The zero-order valence-corrected chi connectivity index (χ0v) is 13.1. The van der Waals surface area contributed by atoms with Crippen molar-refractivity contribution in [3.63, 3.8) is 0 Å². The van der Waals surface area contributed by atoms with Crippen molar-refractivity contribution in [3.05, 3.63) is 24.0 Å². The van der Waals surface area contributed by atoms with Crippen LogP contribution in [0.3, 0.4) is 0 Å². The lowest BCUT2D eigenvalue weighted by Gasteiger charge is -2.30. The van der Waals surface area contributed by atoms with Crippen molar-refractivity contribution >= 4 is 5.69 Å². The molecule has 0 saturated carbocycles. The zero-order chi connectivity index (χ0) is 14.3. The Morgan fingerprint density at radius 1 is 1.26 bits per heavy atom. The van der Waals surface area contributed by atoms with Gasteiger partial charge in [-0.3, -0.25) is 4.98 Å². The third-order valence-corrected chi connectivity index (χ3v) is 3.63. The second-order valence-corrected chi connectivity index (χ2v) is 5.61. The average Bonchev–Trinajstić information content (AvgIpc) is 2.40. The minimum Gasteiger partial charge on any atom is -0.370 e. The maximum absolute atomic E-state index is 4.29. The second kappa shape index (κ2) is 8.16. The molecule has 0 aliphatic carbocycles. The molecule has 1 rings (SSSR count). The highest BCUT2D eigenvalue weighted by atomic mass is 15.1. The van der Waals surface area contributed by atoms with E-state index >= 15 is 0 Å². The van der Waals surface area contributed by atoms with Crippen LogP contribution in [-0.4, -0.2) is 24.6 Å². The molecule has 0 aromatic carbocycles. The van der Waals surface area contributed by atoms with Gasteiger partial charge in [-0.15, -0.1) is 0 Å². The van der Waals surface area contributed by atoms with Crippen molar-refractivity contribution in [2.45, 2.75) is 53.1 Å². The van der Waals surface area contributed by atoms with Crippen LogP contribution in [-0.2, 0) is 6.54 Å². The Labute approximate surface area is 118 Å². The molecule has 3 heteroatoms. The van der Waals surface area contributed by atoms with E-state index in [9.17, 15) is 0 Å². The molecule has 3 nitrogen and oxygen atoms in total. The Balaban J connectivity index is 2.77. The van der Waals surface area contributed by atoms with Gasteiger partial charge in [0.05, 0.1) is 11.9 Å². The quantitative estimate of drug-likeness (QED) is 0.778. The molecule has 1 N–H and O–H groups in total. The highest BCUT2D eigenvalue weighted by Crippen LogP contribution is 2.22. The monoisotopic (exact) mass is 263 g/mol. The molecular formula is C16H29N3. The van der Waals surface area contributed by atoms with Crippen LogP contribution >= 0.6 is 0 Å². The van der Waals surface area contributed by atoms with Crippen molar-refractivity contribution in [2.75, 3.05) is 18.5 Å². The Hall–Kier alpha value is -1.09. The fourth-order valence-corrected chi connectivity index (χ4v) is 2.41. The number of aromatic nitrogens is 1. The number of nitrogens with one attached hydrogen (secondary N) is 1. The Morgan fingerprint density at radius 2 is 1.95 bits per heavy atom. The summed E-state index contributed by atoms with van der Waals surface area (Å²) in [6, 6.07) is 2.72. The van der Waals surface area contributed by atoms with Gasteiger partial charge in [0.2, 0.25) is 0 Å². The second-order valence-electron chi connectivity index (χ2n) is 5.61. The first-order valence-electron chi connectivity index (χ1n) is 7.46. The molecular weight excluding hydrogens is 234 g/mol. The SMILES string of the molecule is CCC(CC)N(C)c1cnccc1CNCC(C)C. The van der Waals surface area contributed by atoms with E-state index in [1.54, 1.807) is 0 Å². The fourth-order valence-electron chi connectivity index (χ4n) is 2.41. The Kier molecular flexibility index (Phi) is 6.85. The van der Waals surface area contributed by atoms with Gasteiger partial charge in [-0.1, -0.05) is 27.7 Å². The van der Waals surface area contributed by atoms with Crippen LogP contribution in [0.4, 0.5) is 5.69 Å². The minimum absolute atomic E-state index is 0.591. The summed E-state index contributed by atoms with van der Waals surface area (Å²) in [5, 5.41) is 3.52. The number of hydrogen-bond acceptors (Lipinski definition) is 3. The van der Waals surface area contributed by atoms with Crippen LogP contribution < -0.4 is 10.2 Å². The summed E-state index contributed by atoms with van der Waals surface area (Å²) in [5.41, 5.74) is 2.59. The predicted molar refractivity (Wildman–Crippen MR) is 83.6 cm³/mol. The Morgan fingerprint density at radius 3 is 2.53 bits per heavy atom. The topological polar surface area (TPSA) is 28.2 Å². The van der Waals surface area contributed by atoms with Crippen LogP contribution in [0.25, 0.3) is 0 Å². The molecule has 1 heterocycles. The van der Waals surface area contributed by atoms with Crippen molar-refractivity contribution in [1.29, 1.82) is 0 Å². The first-order chi connectivity index (χ1) is 9.10. The summed E-state index contributed by atoms with van der Waals surface area (Å²) in [6.07, 6.45) is 6.21. The van der Waals surface area contributed by atoms with E-state index in [1.165, 1.54) is 24.1 Å². The van der Waals surface area contributed by atoms with Crippen LogP contribution in [0.5, 0.6) is 0 Å². The summed E-state index contributed by atoms with van der Waals surface area (Å²) in [7, 11) is 2.18. The van der Waals surface area contributed by atoms with Crippen molar-refractivity contribution in [3.8, 4) is 0 Å². The lowest BCUT2D eigenvalue weighted by molar-refractivity contribution is 0.548. The maximum Gasteiger partial charge on any atom is 0.0598 e. The normalized spacial score (nSPS) is 11.3. The van der Waals surface area contributed by atoms with Crippen molar-refractivity contribution in [2.24, 2.45) is 5.92 Å². The zero-order valence-electron chi connectivity index (χ0n) is 13.1. The van der Waals surface area contributed by atoms with Gasteiger partial charge in [0.1, 0.15) is 0 Å². The van der Waals surface area contributed by atoms with Crippen LogP contribution in [0.15, 0.2) is 18.5 Å². The standard InChI is InChI=1S/C16H29N3/c1-6-15(7-2)19(5)16-12-17-9-8-14(16)11-18-10-13(3)4/h8-9,12-13,15,18H,6-7,10-11H2,1-5H3. The predicted octanol–water partition coefficient (Wildman–Crippen LogP) is 3.45. The fraction of sp³-hybridized carbons (Fsp3) is 0.688. The van der Waals surface area contributed by atoms with E-state index < -0.39 is 0 Å². The number of anilines is 1. The summed E-state index contributed by atoms with van der Waals surface area (Å²) in [4.78, 5) is 6.67. The van der Waals surface area contributed by atoms with E-state index in [2.05, 4.69) is 56.0 Å². The number of hydrogen-bond donors (Lipinski definition) is 1. The molecule has 1 aromatic heterocycles. The summed E-state index contributed by atoms with van der Waals surface area (Å²) in [6.45, 7) is 10.9. The van der Waals surface area contributed by atoms with Gasteiger partial charge in [-0.05, 0) is 36.9 Å². The summed E-state index contributed by atoms with van der Waals surface area (Å²) < 4.78 is 0. The lowest BCUT2D eigenvalue weighted by atomic mass is 10.1. The smallest absolute Gasteiger partial charge is 0.0598 e. The first kappa shape index (κ1) is 16.0. The molecule has 0 aliphatic heterocycles. The van der Waals surface area contributed by atoms with Crippen LogP contribution in [0, 0.1) is 5.92 Å². The lowest BCUT2D eigenvalue weighted by Crippen LogP contribution is -2.32. The van der Waals surface area contributed by atoms with E-state index in [-0.39, 0.29) is 0 Å². The third kappa shape index (κ3) is 4.83. The molecule has 0 radical (unpaired) electrons.